The van der Waals surface area contributed by atoms with Crippen LogP contribution in [-0.2, 0) is 23.6 Å². The SMILES string of the molecule is Cc1ccc(CNC(=O)CCCCCn2c(SCc3ccccc3Cl)nc3ccsc3c2=O)cc1. The fourth-order valence-corrected chi connectivity index (χ4v) is 5.81. The summed E-state index contributed by atoms with van der Waals surface area (Å²) in [6.07, 6.45) is 2.94. The molecule has 35 heavy (non-hydrogen) atoms. The van der Waals surface area contributed by atoms with Crippen molar-refractivity contribution in [3.05, 3.63) is 92.0 Å². The lowest BCUT2D eigenvalue weighted by molar-refractivity contribution is -0.121. The third kappa shape index (κ3) is 6.97. The molecule has 0 saturated heterocycles. The van der Waals surface area contributed by atoms with Gasteiger partial charge in [-0.1, -0.05) is 77.8 Å². The second-order valence-electron chi connectivity index (χ2n) is 8.44. The molecule has 0 spiro atoms. The van der Waals surface area contributed by atoms with E-state index in [0.29, 0.717) is 40.1 Å². The first kappa shape index (κ1) is 25.5. The van der Waals surface area contributed by atoms with Crippen LogP contribution in [0.3, 0.4) is 0 Å². The third-order valence-electron chi connectivity index (χ3n) is 5.74. The van der Waals surface area contributed by atoms with Gasteiger partial charge in [-0.05, 0) is 48.4 Å². The minimum Gasteiger partial charge on any atom is -0.352 e. The molecule has 1 N–H and O–H groups in total. The van der Waals surface area contributed by atoms with Crippen molar-refractivity contribution in [1.29, 1.82) is 0 Å². The summed E-state index contributed by atoms with van der Waals surface area (Å²) in [5.41, 5.74) is 4.06. The van der Waals surface area contributed by atoms with Gasteiger partial charge in [0.05, 0.1) is 5.52 Å². The summed E-state index contributed by atoms with van der Waals surface area (Å²) in [4.78, 5) is 30.1. The third-order valence-corrected chi connectivity index (χ3v) is 8.03. The quantitative estimate of drug-likeness (QED) is 0.136. The number of aromatic nitrogens is 2. The van der Waals surface area contributed by atoms with Crippen molar-refractivity contribution in [2.45, 2.75) is 56.6 Å². The van der Waals surface area contributed by atoms with Crippen LogP contribution in [0.15, 0.2) is 69.9 Å². The van der Waals surface area contributed by atoms with E-state index in [9.17, 15) is 9.59 Å². The predicted octanol–water partition coefficient (Wildman–Crippen LogP) is 6.59. The highest BCUT2D eigenvalue weighted by atomic mass is 35.5. The summed E-state index contributed by atoms with van der Waals surface area (Å²) >= 11 is 9.27. The first-order valence-corrected chi connectivity index (χ1v) is 13.9. The Hall–Kier alpha value is -2.61. The van der Waals surface area contributed by atoms with Crippen LogP contribution >= 0.6 is 34.7 Å². The van der Waals surface area contributed by atoms with Crippen LogP contribution in [0.4, 0.5) is 0 Å². The molecule has 0 aliphatic carbocycles. The Balaban J connectivity index is 1.30. The van der Waals surface area contributed by atoms with Crippen LogP contribution in [0, 0.1) is 6.92 Å². The van der Waals surface area contributed by atoms with Gasteiger partial charge in [0.2, 0.25) is 5.91 Å². The van der Waals surface area contributed by atoms with E-state index in [0.717, 1.165) is 35.9 Å². The van der Waals surface area contributed by atoms with E-state index in [-0.39, 0.29) is 11.5 Å². The molecule has 1 amide bonds. The molecule has 2 aromatic carbocycles. The molecule has 0 unspecified atom stereocenters. The monoisotopic (exact) mass is 525 g/mol. The lowest BCUT2D eigenvalue weighted by atomic mass is 10.1. The smallest absolute Gasteiger partial charge is 0.272 e. The van der Waals surface area contributed by atoms with Gasteiger partial charge in [0, 0.05) is 30.3 Å². The number of nitrogens with one attached hydrogen (secondary N) is 1. The van der Waals surface area contributed by atoms with Crippen LogP contribution in [0.1, 0.15) is 42.4 Å². The molecule has 5 nitrogen and oxygen atoms in total. The van der Waals surface area contributed by atoms with Crippen LogP contribution in [-0.4, -0.2) is 15.5 Å². The number of unbranched alkanes of at least 4 members (excludes halogenated alkanes) is 2. The van der Waals surface area contributed by atoms with Crippen molar-refractivity contribution in [3.63, 3.8) is 0 Å². The summed E-state index contributed by atoms with van der Waals surface area (Å²) < 4.78 is 2.46. The second kappa shape index (κ2) is 12.4. The molecule has 2 heterocycles. The van der Waals surface area contributed by atoms with Gasteiger partial charge in [0.1, 0.15) is 4.70 Å². The highest BCUT2D eigenvalue weighted by Crippen LogP contribution is 2.27. The van der Waals surface area contributed by atoms with Gasteiger partial charge in [-0.2, -0.15) is 0 Å². The maximum atomic E-state index is 13.1. The Morgan fingerprint density at radius 3 is 2.69 bits per heavy atom. The van der Waals surface area contributed by atoms with E-state index in [4.69, 9.17) is 16.6 Å². The molecular weight excluding hydrogens is 498 g/mol. The largest absolute Gasteiger partial charge is 0.352 e. The highest BCUT2D eigenvalue weighted by Gasteiger charge is 2.13. The minimum atomic E-state index is 0.00231. The van der Waals surface area contributed by atoms with Gasteiger partial charge in [-0.25, -0.2) is 4.98 Å². The van der Waals surface area contributed by atoms with Crippen LogP contribution in [0.2, 0.25) is 5.02 Å². The minimum absolute atomic E-state index is 0.00231. The number of amides is 1. The van der Waals surface area contributed by atoms with E-state index >= 15 is 0 Å². The molecule has 0 saturated carbocycles. The van der Waals surface area contributed by atoms with Gasteiger partial charge in [-0.3, -0.25) is 14.2 Å². The number of hydrogen-bond donors (Lipinski definition) is 1. The lowest BCUT2D eigenvalue weighted by Crippen LogP contribution is -2.23. The number of thioether (sulfide) groups is 1. The molecule has 2 aromatic heterocycles. The van der Waals surface area contributed by atoms with Crippen LogP contribution in [0.25, 0.3) is 10.2 Å². The standard InChI is InChI=1S/C27H28ClN3O2S2/c1-19-10-12-20(13-11-19)17-29-24(32)9-3-2-6-15-31-26(33)25-23(14-16-34-25)30-27(31)35-18-21-7-4-5-8-22(21)28/h4-5,7-8,10-14,16H,2-3,6,9,15,17-18H2,1H3,(H,29,32). The normalized spacial score (nSPS) is 11.1. The van der Waals surface area contributed by atoms with Gasteiger partial charge < -0.3 is 5.32 Å². The number of nitrogens with zero attached hydrogens (tertiary/aromatic N) is 2. The molecule has 4 aromatic rings. The number of halogens is 1. The zero-order valence-electron chi connectivity index (χ0n) is 19.6. The average molecular weight is 526 g/mol. The maximum absolute atomic E-state index is 13.1. The van der Waals surface area contributed by atoms with E-state index < -0.39 is 0 Å². The lowest BCUT2D eigenvalue weighted by Gasteiger charge is -2.12. The van der Waals surface area contributed by atoms with Gasteiger partial charge in [0.15, 0.2) is 5.16 Å². The molecule has 182 valence electrons. The Morgan fingerprint density at radius 2 is 1.89 bits per heavy atom. The van der Waals surface area contributed by atoms with E-state index in [1.54, 1.807) is 4.57 Å². The number of thiophene rings is 1. The highest BCUT2D eigenvalue weighted by molar-refractivity contribution is 7.98. The first-order chi connectivity index (χ1) is 17.0. The van der Waals surface area contributed by atoms with Crippen molar-refractivity contribution in [2.24, 2.45) is 0 Å². The summed E-state index contributed by atoms with van der Waals surface area (Å²) in [7, 11) is 0. The number of aryl methyl sites for hydroxylation is 1. The van der Waals surface area contributed by atoms with Crippen molar-refractivity contribution in [3.8, 4) is 0 Å². The Morgan fingerprint density at radius 1 is 1.09 bits per heavy atom. The topological polar surface area (TPSA) is 64.0 Å². The van der Waals surface area contributed by atoms with Crippen molar-refractivity contribution >= 4 is 50.8 Å². The summed E-state index contributed by atoms with van der Waals surface area (Å²) in [6.45, 7) is 3.17. The Bertz CT molecular complexity index is 1350. The van der Waals surface area contributed by atoms with Crippen LogP contribution < -0.4 is 10.9 Å². The van der Waals surface area contributed by atoms with Crippen molar-refractivity contribution < 1.29 is 4.79 Å². The molecule has 8 heteroatoms. The zero-order chi connectivity index (χ0) is 24.6. The zero-order valence-corrected chi connectivity index (χ0v) is 22.0. The van der Waals surface area contributed by atoms with E-state index in [2.05, 4.69) is 5.32 Å². The molecule has 0 aliphatic rings. The number of fused-ring (bicyclic) bond motifs is 1. The van der Waals surface area contributed by atoms with Gasteiger partial charge in [-0.15, -0.1) is 11.3 Å². The fraction of sp³-hybridized carbons (Fsp3) is 0.296. The summed E-state index contributed by atoms with van der Waals surface area (Å²) in [5, 5.41) is 6.31. The van der Waals surface area contributed by atoms with E-state index in [1.165, 1.54) is 28.7 Å². The predicted molar refractivity (Wildman–Crippen MR) is 146 cm³/mol. The number of hydrogen-bond acceptors (Lipinski definition) is 5. The maximum Gasteiger partial charge on any atom is 0.272 e. The molecule has 4 rings (SSSR count). The van der Waals surface area contributed by atoms with Crippen molar-refractivity contribution in [2.75, 3.05) is 0 Å². The molecule has 0 atom stereocenters. The fourth-order valence-electron chi connectivity index (χ4n) is 3.72. The molecule has 0 fully saturated rings. The van der Waals surface area contributed by atoms with Gasteiger partial charge >= 0.3 is 0 Å². The number of rotatable bonds is 11. The molecule has 0 radical (unpaired) electrons. The van der Waals surface area contributed by atoms with E-state index in [1.807, 2.05) is 66.9 Å². The Kier molecular flexibility index (Phi) is 9.01. The number of benzene rings is 2. The summed E-state index contributed by atoms with van der Waals surface area (Å²) in [5.74, 6) is 0.698. The number of carbonyl (C=O) groups is 1. The number of carbonyl (C=O) groups excluding carboxylic acids is 1. The van der Waals surface area contributed by atoms with Crippen molar-refractivity contribution in [1.82, 2.24) is 14.9 Å². The molecular formula is C27H28ClN3O2S2. The average Bonchev–Trinajstić information content (AvgIpc) is 3.33. The first-order valence-electron chi connectivity index (χ1n) is 11.7. The Labute approximate surface area is 218 Å². The summed E-state index contributed by atoms with van der Waals surface area (Å²) in [6, 6.07) is 17.8. The molecule has 0 aliphatic heterocycles. The molecule has 0 bridgehead atoms. The van der Waals surface area contributed by atoms with Crippen LogP contribution in [0.5, 0.6) is 0 Å². The van der Waals surface area contributed by atoms with Gasteiger partial charge in [0.25, 0.3) is 5.56 Å². The second-order valence-corrected chi connectivity index (χ2v) is 10.7.